The van der Waals surface area contributed by atoms with Gasteiger partial charge in [-0.25, -0.2) is 4.39 Å². The summed E-state index contributed by atoms with van der Waals surface area (Å²) in [6, 6.07) is 15.9. The second kappa shape index (κ2) is 7.84. The maximum Gasteiger partial charge on any atom is 0.186 e. The molecule has 0 saturated carbocycles. The molecular formula is C19H17FOS2. The number of carbonyl (C=O) groups is 1. The van der Waals surface area contributed by atoms with E-state index in [-0.39, 0.29) is 16.2 Å². The van der Waals surface area contributed by atoms with Crippen LogP contribution < -0.4 is 0 Å². The Balaban J connectivity index is 1.96. The number of Topliss-reactive ketones (excluding diaryl/α,β-unsaturated/α-hetero) is 1. The highest BCUT2D eigenvalue weighted by molar-refractivity contribution is 8.18. The van der Waals surface area contributed by atoms with Gasteiger partial charge in [-0.05, 0) is 47.3 Å². The average Bonchev–Trinajstić information content (AvgIpc) is 2.62. The number of rotatable bonds is 4. The molecule has 0 atom stereocenters. The molecule has 2 aromatic rings. The minimum Gasteiger partial charge on any atom is -0.292 e. The van der Waals surface area contributed by atoms with Gasteiger partial charge in [-0.1, -0.05) is 42.5 Å². The van der Waals surface area contributed by atoms with E-state index < -0.39 is 0 Å². The summed E-state index contributed by atoms with van der Waals surface area (Å²) in [6.07, 6.45) is 3.02. The zero-order valence-corrected chi connectivity index (χ0v) is 14.2. The molecule has 0 amide bonds. The van der Waals surface area contributed by atoms with Crippen molar-refractivity contribution < 1.29 is 9.18 Å². The van der Waals surface area contributed by atoms with E-state index in [4.69, 9.17) is 0 Å². The first kappa shape index (κ1) is 16.3. The number of halogens is 1. The van der Waals surface area contributed by atoms with Crippen LogP contribution in [0.3, 0.4) is 0 Å². The van der Waals surface area contributed by atoms with Crippen molar-refractivity contribution in [3.05, 3.63) is 71.5 Å². The molecule has 0 aromatic heterocycles. The fourth-order valence-electron chi connectivity index (χ4n) is 2.41. The van der Waals surface area contributed by atoms with E-state index >= 15 is 0 Å². The first-order valence-corrected chi connectivity index (χ1v) is 9.64. The van der Waals surface area contributed by atoms with Crippen molar-refractivity contribution in [2.75, 3.05) is 11.5 Å². The standard InChI is InChI=1S/C19H17FOS2/c20-16-9-7-14(8-10-16)13-17(15-5-2-1-3-6-15)18(21)19-22-11-4-12-23-19/h1-3,5-10,13,19H,4,11-12H2/b17-13+. The zero-order valence-electron chi connectivity index (χ0n) is 12.6. The van der Waals surface area contributed by atoms with Gasteiger partial charge in [-0.3, -0.25) is 4.79 Å². The Kier molecular flexibility index (Phi) is 5.57. The number of thioether (sulfide) groups is 2. The monoisotopic (exact) mass is 344 g/mol. The maximum absolute atomic E-state index is 13.1. The van der Waals surface area contributed by atoms with Gasteiger partial charge in [0.1, 0.15) is 10.4 Å². The quantitative estimate of drug-likeness (QED) is 0.565. The Morgan fingerprint density at radius 3 is 2.30 bits per heavy atom. The zero-order chi connectivity index (χ0) is 16.1. The predicted octanol–water partition coefficient (Wildman–Crippen LogP) is 5.13. The Hall–Kier alpha value is -1.52. The molecule has 1 aliphatic rings. The Bertz CT molecular complexity index is 689. The number of benzene rings is 2. The Morgan fingerprint density at radius 1 is 1.00 bits per heavy atom. The third-order valence-corrected chi connectivity index (χ3v) is 6.47. The van der Waals surface area contributed by atoms with Crippen molar-refractivity contribution in [2.24, 2.45) is 0 Å². The van der Waals surface area contributed by atoms with Gasteiger partial charge in [0.2, 0.25) is 0 Å². The van der Waals surface area contributed by atoms with Crippen LogP contribution in [0.2, 0.25) is 0 Å². The summed E-state index contributed by atoms with van der Waals surface area (Å²) in [5.41, 5.74) is 2.45. The van der Waals surface area contributed by atoms with E-state index in [2.05, 4.69) is 0 Å². The minimum atomic E-state index is -0.270. The van der Waals surface area contributed by atoms with E-state index in [1.54, 1.807) is 35.7 Å². The van der Waals surface area contributed by atoms with Gasteiger partial charge in [-0.15, -0.1) is 23.5 Å². The Morgan fingerprint density at radius 2 is 1.65 bits per heavy atom. The molecule has 0 spiro atoms. The summed E-state index contributed by atoms with van der Waals surface area (Å²) >= 11 is 3.44. The number of hydrogen-bond acceptors (Lipinski definition) is 3. The minimum absolute atomic E-state index is 0.0457. The lowest BCUT2D eigenvalue weighted by molar-refractivity contribution is -0.112. The van der Waals surface area contributed by atoms with Gasteiger partial charge in [-0.2, -0.15) is 0 Å². The van der Waals surface area contributed by atoms with Crippen LogP contribution in [-0.2, 0) is 4.79 Å². The van der Waals surface area contributed by atoms with Crippen LogP contribution in [-0.4, -0.2) is 21.9 Å². The van der Waals surface area contributed by atoms with Crippen LogP contribution >= 0.6 is 23.5 Å². The van der Waals surface area contributed by atoms with Crippen LogP contribution in [0.5, 0.6) is 0 Å². The third-order valence-electron chi connectivity index (χ3n) is 3.57. The molecule has 0 unspecified atom stereocenters. The van der Waals surface area contributed by atoms with E-state index in [1.807, 2.05) is 36.4 Å². The average molecular weight is 344 g/mol. The van der Waals surface area contributed by atoms with Crippen LogP contribution in [0, 0.1) is 5.82 Å². The van der Waals surface area contributed by atoms with E-state index in [0.717, 1.165) is 29.1 Å². The molecule has 23 heavy (non-hydrogen) atoms. The maximum atomic E-state index is 13.1. The summed E-state index contributed by atoms with van der Waals surface area (Å²) in [5, 5.41) is 0. The molecule has 0 N–H and O–H groups in total. The van der Waals surface area contributed by atoms with Crippen molar-refractivity contribution in [1.29, 1.82) is 0 Å². The van der Waals surface area contributed by atoms with Crippen molar-refractivity contribution in [3.63, 3.8) is 0 Å². The highest BCUT2D eigenvalue weighted by atomic mass is 32.2. The number of carbonyl (C=O) groups excluding carboxylic acids is 1. The molecule has 1 nitrogen and oxygen atoms in total. The van der Waals surface area contributed by atoms with Crippen molar-refractivity contribution >= 4 is 41.0 Å². The summed E-state index contributed by atoms with van der Waals surface area (Å²) < 4.78 is 13.1. The summed E-state index contributed by atoms with van der Waals surface area (Å²) in [7, 11) is 0. The van der Waals surface area contributed by atoms with E-state index in [0.29, 0.717) is 5.57 Å². The second-order valence-electron chi connectivity index (χ2n) is 5.27. The molecule has 1 heterocycles. The lowest BCUT2D eigenvalue weighted by Gasteiger charge is -2.21. The molecule has 1 aliphatic heterocycles. The van der Waals surface area contributed by atoms with Crippen molar-refractivity contribution in [2.45, 2.75) is 11.0 Å². The fourth-order valence-corrected chi connectivity index (χ4v) is 5.16. The Labute approximate surface area is 144 Å². The molecule has 1 fully saturated rings. The summed E-state index contributed by atoms with van der Waals surface area (Å²) in [5.74, 6) is 1.94. The van der Waals surface area contributed by atoms with E-state index in [1.165, 1.54) is 12.1 Å². The smallest absolute Gasteiger partial charge is 0.186 e. The number of hydrogen-bond donors (Lipinski definition) is 0. The van der Waals surface area contributed by atoms with Crippen molar-refractivity contribution in [1.82, 2.24) is 0 Å². The van der Waals surface area contributed by atoms with Gasteiger partial charge < -0.3 is 0 Å². The second-order valence-corrected chi connectivity index (χ2v) is 7.99. The highest BCUT2D eigenvalue weighted by Gasteiger charge is 2.26. The predicted molar refractivity (Wildman–Crippen MR) is 99.0 cm³/mol. The van der Waals surface area contributed by atoms with Gasteiger partial charge in [0.05, 0.1) is 0 Å². The molecule has 0 bridgehead atoms. The molecule has 3 rings (SSSR count). The van der Waals surface area contributed by atoms with Crippen molar-refractivity contribution in [3.8, 4) is 0 Å². The molecule has 1 saturated heterocycles. The first-order chi connectivity index (χ1) is 11.2. The first-order valence-electron chi connectivity index (χ1n) is 7.54. The van der Waals surface area contributed by atoms with Gasteiger partial charge >= 0.3 is 0 Å². The van der Waals surface area contributed by atoms with Gasteiger partial charge in [0.25, 0.3) is 0 Å². The van der Waals surface area contributed by atoms with E-state index in [9.17, 15) is 9.18 Å². The topological polar surface area (TPSA) is 17.1 Å². The summed E-state index contributed by atoms with van der Waals surface area (Å²) in [4.78, 5) is 13.0. The molecule has 2 aromatic carbocycles. The largest absolute Gasteiger partial charge is 0.292 e. The fraction of sp³-hybridized carbons (Fsp3) is 0.211. The lowest BCUT2D eigenvalue weighted by Crippen LogP contribution is -2.19. The van der Waals surface area contributed by atoms with Crippen LogP contribution in [0.15, 0.2) is 54.6 Å². The van der Waals surface area contributed by atoms with Crippen LogP contribution in [0.25, 0.3) is 11.6 Å². The number of allylic oxidation sites excluding steroid dienone is 1. The molecule has 0 radical (unpaired) electrons. The van der Waals surface area contributed by atoms with Crippen LogP contribution in [0.1, 0.15) is 17.5 Å². The van der Waals surface area contributed by atoms with Gasteiger partial charge in [0.15, 0.2) is 5.78 Å². The summed E-state index contributed by atoms with van der Waals surface area (Å²) in [6.45, 7) is 0. The SMILES string of the molecule is O=C(/C(=C/c1ccc(F)cc1)c1ccccc1)C1SCCCS1. The lowest BCUT2D eigenvalue weighted by atomic mass is 9.99. The molecule has 0 aliphatic carbocycles. The van der Waals surface area contributed by atoms with Gasteiger partial charge in [0, 0.05) is 5.57 Å². The normalized spacial score (nSPS) is 16.3. The molecule has 118 valence electrons. The number of ketones is 1. The highest BCUT2D eigenvalue weighted by Crippen LogP contribution is 2.35. The molecule has 4 heteroatoms. The van der Waals surface area contributed by atoms with Crippen LogP contribution in [0.4, 0.5) is 4.39 Å². The third kappa shape index (κ3) is 4.27. The molecular weight excluding hydrogens is 327 g/mol.